The summed E-state index contributed by atoms with van der Waals surface area (Å²) in [6.45, 7) is 1.10. The van der Waals surface area contributed by atoms with Gasteiger partial charge in [-0.15, -0.1) is 0 Å². The lowest BCUT2D eigenvalue weighted by molar-refractivity contribution is -0.884. The molecule has 0 aliphatic heterocycles. The summed E-state index contributed by atoms with van der Waals surface area (Å²) in [6.07, 6.45) is 0. The standard InChI is InChI=1S/C10H16N.C7H3Cl3O2/c1-11(2,3)9-10-7-5-4-6-8-10;8-3-1-2-4(9)6(10)5(3)7(11)12/h4-8H,9H2,1-3H3;1-2H,(H,11,12)/q+1;/p-1. The SMILES string of the molecule is C[N+](C)(C)Cc1ccccc1.O=C([O-])c1c(Cl)ccc(Cl)c1Cl. The molecule has 2 aromatic rings. The molecule has 0 bridgehead atoms. The Morgan fingerprint density at radius 1 is 0.957 bits per heavy atom. The molecule has 6 heteroatoms. The van der Waals surface area contributed by atoms with E-state index in [0.29, 0.717) is 0 Å². The number of carboxylic acids is 1. The van der Waals surface area contributed by atoms with Crippen molar-refractivity contribution in [3.8, 4) is 0 Å². The number of nitrogens with zero attached hydrogens (tertiary/aromatic N) is 1. The van der Waals surface area contributed by atoms with Crippen molar-refractivity contribution in [2.45, 2.75) is 6.54 Å². The minimum absolute atomic E-state index is 0.0180. The second-order valence-corrected chi connectivity index (χ2v) is 7.13. The summed E-state index contributed by atoms with van der Waals surface area (Å²) in [5, 5.41) is 10.5. The number of benzene rings is 2. The van der Waals surface area contributed by atoms with E-state index >= 15 is 0 Å². The van der Waals surface area contributed by atoms with Crippen LogP contribution in [-0.4, -0.2) is 31.6 Å². The average molecular weight is 375 g/mol. The molecular weight excluding hydrogens is 357 g/mol. The lowest BCUT2D eigenvalue weighted by Crippen LogP contribution is -2.33. The van der Waals surface area contributed by atoms with E-state index in [1.54, 1.807) is 0 Å². The number of carbonyl (C=O) groups excluding carboxylic acids is 1. The van der Waals surface area contributed by atoms with E-state index < -0.39 is 5.97 Å². The van der Waals surface area contributed by atoms with Crippen LogP contribution in [0.4, 0.5) is 0 Å². The van der Waals surface area contributed by atoms with E-state index in [9.17, 15) is 9.90 Å². The summed E-state index contributed by atoms with van der Waals surface area (Å²) in [5.74, 6) is -1.44. The third kappa shape index (κ3) is 6.80. The maximum Gasteiger partial charge on any atom is 0.104 e. The summed E-state index contributed by atoms with van der Waals surface area (Å²) in [5.41, 5.74) is 1.13. The zero-order chi connectivity index (χ0) is 17.6. The van der Waals surface area contributed by atoms with Crippen molar-refractivity contribution >= 4 is 40.8 Å². The zero-order valence-electron chi connectivity index (χ0n) is 13.1. The largest absolute Gasteiger partial charge is 0.545 e. The van der Waals surface area contributed by atoms with Gasteiger partial charge in [0.2, 0.25) is 0 Å². The van der Waals surface area contributed by atoms with Crippen LogP contribution in [0.2, 0.25) is 15.1 Å². The number of halogens is 3. The molecule has 0 aliphatic rings. The van der Waals surface area contributed by atoms with Gasteiger partial charge >= 0.3 is 0 Å². The van der Waals surface area contributed by atoms with Crippen LogP contribution in [0.15, 0.2) is 42.5 Å². The van der Waals surface area contributed by atoms with Gasteiger partial charge in [-0.3, -0.25) is 0 Å². The first-order valence-electron chi connectivity index (χ1n) is 6.81. The maximum atomic E-state index is 10.5. The molecule has 0 heterocycles. The lowest BCUT2D eigenvalue weighted by atomic mass is 10.2. The van der Waals surface area contributed by atoms with Crippen LogP contribution in [0.1, 0.15) is 15.9 Å². The average Bonchev–Trinajstić information content (AvgIpc) is 2.43. The Hall–Kier alpha value is -1.26. The van der Waals surface area contributed by atoms with Gasteiger partial charge in [0.15, 0.2) is 0 Å². The Bertz CT molecular complexity index is 668. The van der Waals surface area contributed by atoms with Gasteiger partial charge in [-0.1, -0.05) is 65.1 Å². The van der Waals surface area contributed by atoms with Crippen LogP contribution in [0.25, 0.3) is 0 Å². The quantitative estimate of drug-likeness (QED) is 0.604. The predicted molar refractivity (Wildman–Crippen MR) is 94.0 cm³/mol. The fourth-order valence-corrected chi connectivity index (χ4v) is 2.53. The van der Waals surface area contributed by atoms with Crippen LogP contribution in [0, 0.1) is 0 Å². The van der Waals surface area contributed by atoms with Crippen LogP contribution < -0.4 is 5.11 Å². The second kappa shape index (κ2) is 8.55. The maximum absolute atomic E-state index is 10.5. The molecule has 0 aromatic heterocycles. The summed E-state index contributed by atoms with van der Waals surface area (Å²) < 4.78 is 0.990. The Kier molecular flexibility index (Phi) is 7.36. The molecule has 0 amide bonds. The molecule has 0 fully saturated rings. The highest BCUT2D eigenvalue weighted by molar-refractivity contribution is 6.45. The summed E-state index contributed by atoms with van der Waals surface area (Å²) in [4.78, 5) is 10.5. The van der Waals surface area contributed by atoms with E-state index in [1.165, 1.54) is 17.7 Å². The predicted octanol–water partition coefficient (Wildman–Crippen LogP) is 3.90. The third-order valence-corrected chi connectivity index (χ3v) is 3.87. The third-order valence-electron chi connectivity index (χ3n) is 2.75. The smallest absolute Gasteiger partial charge is 0.104 e. The van der Waals surface area contributed by atoms with Crippen molar-refractivity contribution in [2.24, 2.45) is 0 Å². The summed E-state index contributed by atoms with van der Waals surface area (Å²) in [6, 6.07) is 13.3. The molecule has 23 heavy (non-hydrogen) atoms. The number of aromatic carboxylic acids is 1. The zero-order valence-corrected chi connectivity index (χ0v) is 15.4. The second-order valence-electron chi connectivity index (χ2n) is 5.94. The number of carbonyl (C=O) groups is 1. The van der Waals surface area contributed by atoms with Crippen LogP contribution >= 0.6 is 34.8 Å². The highest BCUT2D eigenvalue weighted by atomic mass is 35.5. The van der Waals surface area contributed by atoms with Crippen LogP contribution in [0.3, 0.4) is 0 Å². The van der Waals surface area contributed by atoms with Gasteiger partial charge in [-0.2, -0.15) is 0 Å². The molecule has 0 unspecified atom stereocenters. The Labute approximate surface area is 151 Å². The molecular formula is C17H18Cl3NO2. The van der Waals surface area contributed by atoms with Gasteiger partial charge in [0.05, 0.1) is 42.2 Å². The molecule has 0 saturated carbocycles. The van der Waals surface area contributed by atoms with E-state index in [2.05, 4.69) is 51.5 Å². The number of rotatable bonds is 3. The first-order chi connectivity index (χ1) is 10.6. The fraction of sp³-hybridized carbons (Fsp3) is 0.235. The lowest BCUT2D eigenvalue weighted by Gasteiger charge is -2.23. The normalized spacial score (nSPS) is 10.7. The number of quaternary nitrogens is 1. The van der Waals surface area contributed by atoms with Crippen LogP contribution in [-0.2, 0) is 6.54 Å². The Balaban J connectivity index is 0.000000231. The number of hydrogen-bond donors (Lipinski definition) is 0. The molecule has 2 rings (SSSR count). The first kappa shape index (κ1) is 19.8. The molecule has 0 N–H and O–H groups in total. The summed E-state index contributed by atoms with van der Waals surface area (Å²) >= 11 is 16.6. The van der Waals surface area contributed by atoms with Gasteiger partial charge in [-0.25, -0.2) is 0 Å². The van der Waals surface area contributed by atoms with Gasteiger partial charge in [0, 0.05) is 11.1 Å². The van der Waals surface area contributed by atoms with Crippen molar-refractivity contribution in [1.29, 1.82) is 0 Å². The van der Waals surface area contributed by atoms with Gasteiger partial charge in [-0.05, 0) is 12.1 Å². The first-order valence-corrected chi connectivity index (χ1v) is 7.94. The molecule has 0 saturated heterocycles. The molecule has 0 radical (unpaired) electrons. The Morgan fingerprint density at radius 2 is 1.48 bits per heavy atom. The van der Waals surface area contributed by atoms with Crippen LogP contribution in [0.5, 0.6) is 0 Å². The van der Waals surface area contributed by atoms with E-state index in [4.69, 9.17) is 34.8 Å². The van der Waals surface area contributed by atoms with Gasteiger partial charge in [0.25, 0.3) is 0 Å². The minimum Gasteiger partial charge on any atom is -0.545 e. The molecule has 124 valence electrons. The monoisotopic (exact) mass is 373 g/mol. The van der Waals surface area contributed by atoms with Gasteiger partial charge in [0.1, 0.15) is 6.54 Å². The molecule has 2 aromatic carbocycles. The molecule has 0 atom stereocenters. The highest BCUT2D eigenvalue weighted by Gasteiger charge is 2.09. The number of hydrogen-bond acceptors (Lipinski definition) is 2. The topological polar surface area (TPSA) is 40.1 Å². The Morgan fingerprint density at radius 3 is 1.91 bits per heavy atom. The van der Waals surface area contributed by atoms with Crippen molar-refractivity contribution < 1.29 is 14.4 Å². The number of carboxylic acid groups (broad SMARTS) is 1. The fourth-order valence-electron chi connectivity index (χ4n) is 1.85. The van der Waals surface area contributed by atoms with Crippen molar-refractivity contribution in [2.75, 3.05) is 21.1 Å². The van der Waals surface area contributed by atoms with E-state index in [-0.39, 0.29) is 20.6 Å². The molecule has 0 aliphatic carbocycles. The summed E-state index contributed by atoms with van der Waals surface area (Å²) in [7, 11) is 6.60. The molecule has 0 spiro atoms. The van der Waals surface area contributed by atoms with Gasteiger partial charge < -0.3 is 14.4 Å². The molecule has 3 nitrogen and oxygen atoms in total. The van der Waals surface area contributed by atoms with Crippen molar-refractivity contribution in [3.05, 3.63) is 68.7 Å². The van der Waals surface area contributed by atoms with Crippen molar-refractivity contribution in [1.82, 2.24) is 0 Å². The highest BCUT2D eigenvalue weighted by Crippen LogP contribution is 2.30. The van der Waals surface area contributed by atoms with E-state index in [1.807, 2.05) is 0 Å². The minimum atomic E-state index is -1.44. The van der Waals surface area contributed by atoms with Crippen molar-refractivity contribution in [3.63, 3.8) is 0 Å². The van der Waals surface area contributed by atoms with E-state index in [0.717, 1.165) is 11.0 Å².